The van der Waals surface area contributed by atoms with Crippen LogP contribution in [-0.4, -0.2) is 80.4 Å². The normalized spacial score (nSPS) is 16.1. The third-order valence-corrected chi connectivity index (χ3v) is 5.99. The minimum absolute atomic E-state index is 0.138. The zero-order valence-electron chi connectivity index (χ0n) is 19.0. The van der Waals surface area contributed by atoms with Crippen LogP contribution in [-0.2, 0) is 18.2 Å². The number of ketones is 1. The predicted octanol–water partition coefficient (Wildman–Crippen LogP) is 1.60. The van der Waals surface area contributed by atoms with Crippen molar-refractivity contribution in [3.05, 3.63) is 41.3 Å². The zero-order chi connectivity index (χ0) is 22.8. The number of aromatic nitrogens is 5. The first kappa shape index (κ1) is 21.9. The first-order valence-electron chi connectivity index (χ1n) is 10.9. The van der Waals surface area contributed by atoms with Gasteiger partial charge >= 0.3 is 0 Å². The number of ether oxygens (including phenoxy) is 1. The van der Waals surface area contributed by atoms with Crippen LogP contribution in [0.3, 0.4) is 0 Å². The van der Waals surface area contributed by atoms with E-state index in [0.29, 0.717) is 30.3 Å². The molecule has 3 aromatic heterocycles. The number of carbonyl (C=O) groups is 2. The van der Waals surface area contributed by atoms with Gasteiger partial charge in [-0.1, -0.05) is 6.07 Å². The lowest BCUT2D eigenvalue weighted by molar-refractivity contribution is 0.0766. The van der Waals surface area contributed by atoms with Crippen LogP contribution in [0.1, 0.15) is 46.7 Å². The number of nitrogens with zero attached hydrogens (tertiary/aromatic N) is 7. The number of hydrogen-bond acceptors (Lipinski definition) is 7. The Balaban J connectivity index is 1.55. The Hall–Kier alpha value is -3.27. The van der Waals surface area contributed by atoms with Crippen molar-refractivity contribution in [2.24, 2.45) is 7.05 Å². The number of amides is 1. The summed E-state index contributed by atoms with van der Waals surface area (Å²) < 4.78 is 8.60. The van der Waals surface area contributed by atoms with Crippen LogP contribution in [0.25, 0.3) is 5.65 Å². The number of fused-ring (bicyclic) bond motifs is 1. The molecule has 0 radical (unpaired) electrons. The van der Waals surface area contributed by atoms with Crippen molar-refractivity contribution in [1.29, 1.82) is 0 Å². The summed E-state index contributed by atoms with van der Waals surface area (Å²) in [5, 5.41) is 8.76. The monoisotopic (exact) mass is 439 g/mol. The van der Waals surface area contributed by atoms with Gasteiger partial charge in [-0.25, -0.2) is 4.52 Å². The summed E-state index contributed by atoms with van der Waals surface area (Å²) in [6, 6.07) is 3.73. The minimum atomic E-state index is -0.178. The first-order valence-corrected chi connectivity index (χ1v) is 10.9. The second kappa shape index (κ2) is 9.07. The summed E-state index contributed by atoms with van der Waals surface area (Å²) in [5.74, 6) is 0.317. The molecule has 3 aromatic rings. The molecule has 1 fully saturated rings. The second-order valence-electron chi connectivity index (χ2n) is 7.95. The van der Waals surface area contributed by atoms with Gasteiger partial charge in [-0.05, 0) is 31.9 Å². The molecule has 1 unspecified atom stereocenters. The molecule has 4 rings (SSSR count). The fraction of sp³-hybridized carbons (Fsp3) is 0.500. The van der Waals surface area contributed by atoms with E-state index in [0.717, 1.165) is 30.7 Å². The number of carbonyl (C=O) groups excluding carboxylic acids is 2. The molecular weight excluding hydrogens is 410 g/mol. The van der Waals surface area contributed by atoms with Gasteiger partial charge in [0, 0.05) is 53.0 Å². The van der Waals surface area contributed by atoms with Gasteiger partial charge in [0.15, 0.2) is 11.4 Å². The van der Waals surface area contributed by atoms with Gasteiger partial charge in [0.1, 0.15) is 5.69 Å². The third-order valence-electron chi connectivity index (χ3n) is 5.99. The fourth-order valence-corrected chi connectivity index (χ4v) is 4.13. The minimum Gasteiger partial charge on any atom is -0.380 e. The quantitative estimate of drug-likeness (QED) is 0.492. The summed E-state index contributed by atoms with van der Waals surface area (Å²) in [6.45, 7) is 6.60. The van der Waals surface area contributed by atoms with Crippen LogP contribution in [0, 0.1) is 0 Å². The van der Waals surface area contributed by atoms with Crippen LogP contribution >= 0.6 is 0 Å². The number of hydrogen-bond donors (Lipinski definition) is 0. The number of anilines is 1. The van der Waals surface area contributed by atoms with Gasteiger partial charge in [-0.15, -0.1) is 5.10 Å². The SMILES string of the molecule is CCN(CC)C(=O)c1cnn(C)c1C(=O)Cc1ccc2nc(N3CCC(OC)C3)nn2c1. The standard InChI is InChI=1S/C22H29N7O3/c1-5-27(6-2)21(31)17-12-23-26(3)20(17)18(30)11-15-7-8-19-24-22(25-29(19)13-15)28-10-9-16(14-28)32-4/h7-8,12-13,16H,5-6,9-11,14H2,1-4H3. The molecule has 1 saturated heterocycles. The van der Waals surface area contributed by atoms with E-state index in [9.17, 15) is 9.59 Å². The molecule has 0 aliphatic carbocycles. The molecular formula is C22H29N7O3. The molecule has 0 N–H and O–H groups in total. The van der Waals surface area contributed by atoms with Crippen LogP contribution in [0.4, 0.5) is 5.95 Å². The molecule has 1 atom stereocenters. The van der Waals surface area contributed by atoms with E-state index in [1.165, 1.54) is 10.9 Å². The third kappa shape index (κ3) is 4.10. The van der Waals surface area contributed by atoms with Crippen LogP contribution in [0.5, 0.6) is 0 Å². The number of rotatable bonds is 8. The zero-order valence-corrected chi connectivity index (χ0v) is 19.0. The van der Waals surface area contributed by atoms with Gasteiger partial charge in [0.2, 0.25) is 5.95 Å². The van der Waals surface area contributed by atoms with E-state index >= 15 is 0 Å². The topological polar surface area (TPSA) is 97.9 Å². The molecule has 0 saturated carbocycles. The molecule has 0 spiro atoms. The Kier molecular flexibility index (Phi) is 6.22. The highest BCUT2D eigenvalue weighted by molar-refractivity contribution is 6.07. The maximum Gasteiger partial charge on any atom is 0.257 e. The molecule has 0 aromatic carbocycles. The lowest BCUT2D eigenvalue weighted by Crippen LogP contribution is -2.31. The van der Waals surface area contributed by atoms with Gasteiger partial charge in [-0.2, -0.15) is 10.1 Å². The number of aryl methyl sites for hydroxylation is 1. The maximum atomic E-state index is 13.1. The highest BCUT2D eigenvalue weighted by atomic mass is 16.5. The van der Waals surface area contributed by atoms with Gasteiger partial charge in [0.25, 0.3) is 5.91 Å². The number of methoxy groups -OCH3 is 1. The van der Waals surface area contributed by atoms with Gasteiger partial charge in [0.05, 0.1) is 17.9 Å². The van der Waals surface area contributed by atoms with Crippen molar-refractivity contribution < 1.29 is 14.3 Å². The summed E-state index contributed by atoms with van der Waals surface area (Å²) in [7, 11) is 3.40. The molecule has 170 valence electrons. The van der Waals surface area contributed by atoms with E-state index in [2.05, 4.69) is 20.1 Å². The summed E-state index contributed by atoms with van der Waals surface area (Å²) in [5.41, 5.74) is 2.17. The van der Waals surface area contributed by atoms with Crippen LogP contribution in [0.15, 0.2) is 24.5 Å². The molecule has 1 amide bonds. The van der Waals surface area contributed by atoms with Crippen molar-refractivity contribution in [2.45, 2.75) is 32.8 Å². The lowest BCUT2D eigenvalue weighted by atomic mass is 10.1. The van der Waals surface area contributed by atoms with Crippen molar-refractivity contribution in [1.82, 2.24) is 29.3 Å². The van der Waals surface area contributed by atoms with E-state index in [-0.39, 0.29) is 24.2 Å². The average Bonchev–Trinajstić information content (AvgIpc) is 3.51. The lowest BCUT2D eigenvalue weighted by Gasteiger charge is -2.18. The highest BCUT2D eigenvalue weighted by Gasteiger charge is 2.26. The molecule has 0 bridgehead atoms. The van der Waals surface area contributed by atoms with Gasteiger partial charge in [-0.3, -0.25) is 14.3 Å². The Bertz CT molecular complexity index is 1130. The fourth-order valence-electron chi connectivity index (χ4n) is 4.13. The van der Waals surface area contributed by atoms with Crippen molar-refractivity contribution in [3.63, 3.8) is 0 Å². The molecule has 4 heterocycles. The molecule has 1 aliphatic heterocycles. The van der Waals surface area contributed by atoms with Crippen LogP contribution < -0.4 is 4.90 Å². The molecule has 10 nitrogen and oxygen atoms in total. The van der Waals surface area contributed by atoms with Crippen molar-refractivity contribution in [3.8, 4) is 0 Å². The highest BCUT2D eigenvalue weighted by Crippen LogP contribution is 2.20. The van der Waals surface area contributed by atoms with E-state index in [4.69, 9.17) is 4.74 Å². The number of pyridine rings is 1. The Labute approximate surface area is 186 Å². The summed E-state index contributed by atoms with van der Waals surface area (Å²) in [6.07, 6.45) is 4.57. The Morgan fingerprint density at radius 2 is 2.03 bits per heavy atom. The van der Waals surface area contributed by atoms with Crippen molar-refractivity contribution in [2.75, 3.05) is 38.2 Å². The van der Waals surface area contributed by atoms with Crippen LogP contribution in [0.2, 0.25) is 0 Å². The molecule has 32 heavy (non-hydrogen) atoms. The molecule has 10 heteroatoms. The van der Waals surface area contributed by atoms with E-state index in [1.807, 2.05) is 32.2 Å². The first-order chi connectivity index (χ1) is 15.4. The van der Waals surface area contributed by atoms with E-state index in [1.54, 1.807) is 23.6 Å². The van der Waals surface area contributed by atoms with E-state index < -0.39 is 0 Å². The van der Waals surface area contributed by atoms with Crippen molar-refractivity contribution >= 4 is 23.3 Å². The average molecular weight is 440 g/mol. The maximum absolute atomic E-state index is 13.1. The Morgan fingerprint density at radius 1 is 1.25 bits per heavy atom. The summed E-state index contributed by atoms with van der Waals surface area (Å²) in [4.78, 5) is 34.4. The summed E-state index contributed by atoms with van der Waals surface area (Å²) >= 11 is 0. The molecule has 1 aliphatic rings. The Morgan fingerprint density at radius 3 is 2.72 bits per heavy atom. The smallest absolute Gasteiger partial charge is 0.257 e. The number of Topliss-reactive ketones (excluding diaryl/α,β-unsaturated/α-hetero) is 1. The van der Waals surface area contributed by atoms with Gasteiger partial charge < -0.3 is 14.5 Å². The second-order valence-corrected chi connectivity index (χ2v) is 7.95. The predicted molar refractivity (Wildman–Crippen MR) is 119 cm³/mol. The largest absolute Gasteiger partial charge is 0.380 e.